The smallest absolute Gasteiger partial charge is 0.257 e. The molecule has 0 aliphatic carbocycles. The first-order chi connectivity index (χ1) is 8.85. The number of carbonyl (C=O) groups is 2. The van der Waals surface area contributed by atoms with Crippen LogP contribution in [-0.4, -0.2) is 35.8 Å². The zero-order valence-electron chi connectivity index (χ0n) is 12.2. The Morgan fingerprint density at radius 3 is 2.42 bits per heavy atom. The summed E-state index contributed by atoms with van der Waals surface area (Å²) in [5, 5.41) is 2.78. The second-order valence-corrected chi connectivity index (χ2v) is 4.87. The van der Waals surface area contributed by atoms with E-state index in [2.05, 4.69) is 5.32 Å². The zero-order valence-corrected chi connectivity index (χ0v) is 12.2. The average molecular weight is 266 g/mol. The fraction of sp³-hybridized carbons (Fsp3) is 0.571. The summed E-state index contributed by atoms with van der Waals surface area (Å²) < 4.78 is 5.35. The Morgan fingerprint density at radius 2 is 2.00 bits per heavy atom. The summed E-state index contributed by atoms with van der Waals surface area (Å²) >= 11 is 0. The van der Waals surface area contributed by atoms with Crippen LogP contribution in [0.2, 0.25) is 0 Å². The largest absolute Gasteiger partial charge is 0.466 e. The van der Waals surface area contributed by atoms with Crippen molar-refractivity contribution in [3.63, 3.8) is 0 Å². The minimum atomic E-state index is -0.171. The van der Waals surface area contributed by atoms with Gasteiger partial charge in [-0.2, -0.15) is 0 Å². The van der Waals surface area contributed by atoms with E-state index in [0.29, 0.717) is 23.6 Å². The SMILES string of the molecule is CCN(CC(=O)NC(C)C)C(=O)c1cc(C)oc1C. The summed E-state index contributed by atoms with van der Waals surface area (Å²) in [6.45, 7) is 9.72. The van der Waals surface area contributed by atoms with Crippen LogP contribution in [-0.2, 0) is 4.79 Å². The lowest BCUT2D eigenvalue weighted by molar-refractivity contribution is -0.122. The number of nitrogens with zero attached hydrogens (tertiary/aromatic N) is 1. The van der Waals surface area contributed by atoms with Gasteiger partial charge in [-0.1, -0.05) is 0 Å². The summed E-state index contributed by atoms with van der Waals surface area (Å²) in [4.78, 5) is 25.5. The van der Waals surface area contributed by atoms with Gasteiger partial charge in [-0.05, 0) is 40.7 Å². The highest BCUT2D eigenvalue weighted by Crippen LogP contribution is 2.15. The van der Waals surface area contributed by atoms with E-state index < -0.39 is 0 Å². The lowest BCUT2D eigenvalue weighted by Crippen LogP contribution is -2.42. The summed E-state index contributed by atoms with van der Waals surface area (Å²) in [5.74, 6) is 0.965. The Labute approximate surface area is 114 Å². The van der Waals surface area contributed by atoms with Crippen LogP contribution in [0.1, 0.15) is 42.6 Å². The fourth-order valence-electron chi connectivity index (χ4n) is 1.88. The first kappa shape index (κ1) is 15.3. The van der Waals surface area contributed by atoms with Crippen molar-refractivity contribution in [2.75, 3.05) is 13.1 Å². The van der Waals surface area contributed by atoms with Crippen LogP contribution >= 0.6 is 0 Å². The Hall–Kier alpha value is -1.78. The molecule has 0 unspecified atom stereocenters. The number of carbonyl (C=O) groups excluding carboxylic acids is 2. The molecule has 0 radical (unpaired) electrons. The topological polar surface area (TPSA) is 62.6 Å². The molecular formula is C14H22N2O3. The number of nitrogens with one attached hydrogen (secondary N) is 1. The minimum Gasteiger partial charge on any atom is -0.466 e. The number of hydrogen-bond donors (Lipinski definition) is 1. The molecule has 1 aromatic heterocycles. The minimum absolute atomic E-state index is 0.0666. The first-order valence-electron chi connectivity index (χ1n) is 6.50. The van der Waals surface area contributed by atoms with E-state index in [9.17, 15) is 9.59 Å². The van der Waals surface area contributed by atoms with Gasteiger partial charge < -0.3 is 14.6 Å². The molecule has 5 nitrogen and oxygen atoms in total. The normalized spacial score (nSPS) is 10.6. The average Bonchev–Trinajstić information content (AvgIpc) is 2.63. The molecule has 0 saturated heterocycles. The molecule has 0 aliphatic heterocycles. The van der Waals surface area contributed by atoms with Gasteiger partial charge in [0.15, 0.2) is 0 Å². The zero-order chi connectivity index (χ0) is 14.6. The molecule has 0 spiro atoms. The van der Waals surface area contributed by atoms with E-state index in [1.165, 1.54) is 4.90 Å². The maximum atomic E-state index is 12.3. The van der Waals surface area contributed by atoms with Crippen molar-refractivity contribution in [3.8, 4) is 0 Å². The molecule has 0 fully saturated rings. The highest BCUT2D eigenvalue weighted by molar-refractivity contribution is 5.97. The third-order valence-electron chi connectivity index (χ3n) is 2.72. The van der Waals surface area contributed by atoms with Gasteiger partial charge in [0.25, 0.3) is 5.91 Å². The monoisotopic (exact) mass is 266 g/mol. The van der Waals surface area contributed by atoms with E-state index in [4.69, 9.17) is 4.42 Å². The van der Waals surface area contributed by atoms with Crippen LogP contribution in [0.4, 0.5) is 0 Å². The van der Waals surface area contributed by atoms with Crippen LogP contribution in [0.3, 0.4) is 0 Å². The predicted octanol–water partition coefficient (Wildman–Crippen LogP) is 1.88. The van der Waals surface area contributed by atoms with E-state index in [-0.39, 0.29) is 24.4 Å². The lowest BCUT2D eigenvalue weighted by Gasteiger charge is -2.20. The van der Waals surface area contributed by atoms with Crippen LogP contribution in [0.15, 0.2) is 10.5 Å². The molecule has 5 heteroatoms. The van der Waals surface area contributed by atoms with Gasteiger partial charge >= 0.3 is 0 Å². The molecule has 0 aromatic carbocycles. The Balaban J connectivity index is 2.77. The van der Waals surface area contributed by atoms with E-state index >= 15 is 0 Å². The van der Waals surface area contributed by atoms with Crippen molar-refractivity contribution in [1.29, 1.82) is 0 Å². The molecule has 0 bridgehead atoms. The lowest BCUT2D eigenvalue weighted by atomic mass is 10.2. The maximum absolute atomic E-state index is 12.3. The van der Waals surface area contributed by atoms with Crippen LogP contribution in [0, 0.1) is 13.8 Å². The number of furan rings is 1. The van der Waals surface area contributed by atoms with Crippen molar-refractivity contribution < 1.29 is 14.0 Å². The number of rotatable bonds is 5. The van der Waals surface area contributed by atoms with Crippen molar-refractivity contribution in [3.05, 3.63) is 23.2 Å². The van der Waals surface area contributed by atoms with Crippen molar-refractivity contribution >= 4 is 11.8 Å². The second-order valence-electron chi connectivity index (χ2n) is 4.87. The highest BCUT2D eigenvalue weighted by atomic mass is 16.3. The van der Waals surface area contributed by atoms with Crippen LogP contribution in [0.25, 0.3) is 0 Å². The summed E-state index contributed by atoms with van der Waals surface area (Å²) in [6, 6.07) is 1.78. The third-order valence-corrected chi connectivity index (χ3v) is 2.72. The molecular weight excluding hydrogens is 244 g/mol. The second kappa shape index (κ2) is 6.41. The molecule has 0 aliphatic rings. The van der Waals surface area contributed by atoms with Crippen molar-refractivity contribution in [2.45, 2.75) is 40.7 Å². The Morgan fingerprint density at radius 1 is 1.37 bits per heavy atom. The highest BCUT2D eigenvalue weighted by Gasteiger charge is 2.21. The third kappa shape index (κ3) is 4.12. The number of hydrogen-bond acceptors (Lipinski definition) is 3. The predicted molar refractivity (Wildman–Crippen MR) is 73.0 cm³/mol. The van der Waals surface area contributed by atoms with Gasteiger partial charge in [0.1, 0.15) is 11.5 Å². The molecule has 1 aromatic rings. The number of aryl methyl sites for hydroxylation is 2. The first-order valence-corrected chi connectivity index (χ1v) is 6.50. The van der Waals surface area contributed by atoms with Crippen molar-refractivity contribution in [2.24, 2.45) is 0 Å². The molecule has 19 heavy (non-hydrogen) atoms. The molecule has 1 rings (SSSR count). The molecule has 0 saturated carbocycles. The fourth-order valence-corrected chi connectivity index (χ4v) is 1.88. The molecule has 0 atom stereocenters. The van der Waals surface area contributed by atoms with Crippen LogP contribution < -0.4 is 5.32 Å². The van der Waals surface area contributed by atoms with E-state index in [1.54, 1.807) is 19.9 Å². The van der Waals surface area contributed by atoms with Gasteiger partial charge in [0.05, 0.1) is 12.1 Å². The summed E-state index contributed by atoms with van der Waals surface area (Å²) in [6.07, 6.45) is 0. The summed E-state index contributed by atoms with van der Waals surface area (Å²) in [7, 11) is 0. The number of likely N-dealkylation sites (N-methyl/N-ethyl adjacent to an activating group) is 1. The maximum Gasteiger partial charge on any atom is 0.257 e. The van der Waals surface area contributed by atoms with Gasteiger partial charge in [0.2, 0.25) is 5.91 Å². The van der Waals surface area contributed by atoms with Gasteiger partial charge in [0, 0.05) is 12.6 Å². The number of amides is 2. The van der Waals surface area contributed by atoms with Gasteiger partial charge in [-0.25, -0.2) is 0 Å². The van der Waals surface area contributed by atoms with Crippen molar-refractivity contribution in [1.82, 2.24) is 10.2 Å². The Bertz CT molecular complexity index is 463. The quantitative estimate of drug-likeness (QED) is 0.885. The van der Waals surface area contributed by atoms with Gasteiger partial charge in [-0.15, -0.1) is 0 Å². The molecule has 1 heterocycles. The van der Waals surface area contributed by atoms with Gasteiger partial charge in [-0.3, -0.25) is 9.59 Å². The van der Waals surface area contributed by atoms with Crippen LogP contribution in [0.5, 0.6) is 0 Å². The molecule has 2 amide bonds. The Kier molecular flexibility index (Phi) is 5.15. The molecule has 1 N–H and O–H groups in total. The molecule has 106 valence electrons. The van der Waals surface area contributed by atoms with E-state index in [0.717, 1.165) is 0 Å². The van der Waals surface area contributed by atoms with E-state index in [1.807, 2.05) is 20.8 Å². The standard InChI is InChI=1S/C14H22N2O3/c1-6-16(8-13(17)15-9(2)3)14(18)12-7-10(4)19-11(12)5/h7,9H,6,8H2,1-5H3,(H,15,17). The summed E-state index contributed by atoms with van der Waals surface area (Å²) in [5.41, 5.74) is 0.525.